The molecule has 2 amide bonds. The lowest BCUT2D eigenvalue weighted by Crippen LogP contribution is -2.49. The van der Waals surface area contributed by atoms with Gasteiger partial charge in [-0.25, -0.2) is 9.78 Å². The minimum absolute atomic E-state index is 0.00606. The van der Waals surface area contributed by atoms with Crippen LogP contribution < -0.4 is 5.32 Å². The summed E-state index contributed by atoms with van der Waals surface area (Å²) in [5.74, 6) is 0.674. The molecule has 162 valence electrons. The van der Waals surface area contributed by atoms with E-state index in [0.717, 1.165) is 29.1 Å². The van der Waals surface area contributed by atoms with E-state index in [-0.39, 0.29) is 11.9 Å². The molecule has 1 atom stereocenters. The molecule has 4 rings (SSSR count). The first-order valence-corrected chi connectivity index (χ1v) is 11.5. The van der Waals surface area contributed by atoms with Crippen molar-refractivity contribution in [1.82, 2.24) is 19.6 Å². The van der Waals surface area contributed by atoms with Crippen LogP contribution in [0.1, 0.15) is 35.8 Å². The molecule has 1 aromatic carbocycles. The number of carbonyl (C=O) groups excluding carboxylic acids is 2. The molecule has 2 aromatic heterocycles. The number of thioether (sulfide) groups is 1. The van der Waals surface area contributed by atoms with Gasteiger partial charge in [0.05, 0.1) is 17.9 Å². The number of carbonyl (C=O) groups is 2. The highest BCUT2D eigenvalue weighted by molar-refractivity contribution is 7.98. The van der Waals surface area contributed by atoms with Gasteiger partial charge in [-0.1, -0.05) is 18.2 Å². The molecule has 0 aliphatic carbocycles. The molecule has 1 N–H and O–H groups in total. The van der Waals surface area contributed by atoms with Crippen LogP contribution in [0.3, 0.4) is 0 Å². The Morgan fingerprint density at radius 1 is 1.23 bits per heavy atom. The van der Waals surface area contributed by atoms with Gasteiger partial charge in [-0.2, -0.15) is 0 Å². The second-order valence-corrected chi connectivity index (χ2v) is 8.46. The van der Waals surface area contributed by atoms with E-state index >= 15 is 0 Å². The van der Waals surface area contributed by atoms with E-state index in [1.54, 1.807) is 18.7 Å². The number of likely N-dealkylation sites (tertiary alicyclic amines) is 1. The zero-order valence-electron chi connectivity index (χ0n) is 17.5. The largest absolute Gasteiger partial charge is 0.450 e. The van der Waals surface area contributed by atoms with Crippen LogP contribution in [-0.2, 0) is 10.5 Å². The highest BCUT2D eigenvalue weighted by atomic mass is 32.2. The van der Waals surface area contributed by atoms with Gasteiger partial charge in [0, 0.05) is 42.2 Å². The van der Waals surface area contributed by atoms with Crippen molar-refractivity contribution in [2.75, 3.05) is 19.7 Å². The summed E-state index contributed by atoms with van der Waals surface area (Å²) in [5, 5.41) is 2.86. The highest BCUT2D eigenvalue weighted by Gasteiger charge is 2.27. The molecule has 3 aromatic rings. The van der Waals surface area contributed by atoms with Crippen molar-refractivity contribution >= 4 is 29.4 Å². The van der Waals surface area contributed by atoms with Gasteiger partial charge in [-0.3, -0.25) is 4.79 Å². The maximum absolute atomic E-state index is 13.3. The SMILES string of the molecule is CCOC(=O)NC1CCCN(C(=O)c2ccccc2SCc2cn3ccccc3n2)C1. The van der Waals surface area contributed by atoms with Gasteiger partial charge in [-0.05, 0) is 44.0 Å². The number of alkyl carbamates (subject to hydrolysis) is 1. The molecule has 31 heavy (non-hydrogen) atoms. The predicted molar refractivity (Wildman–Crippen MR) is 120 cm³/mol. The molecule has 1 aliphatic heterocycles. The number of imidazole rings is 1. The van der Waals surface area contributed by atoms with Gasteiger partial charge in [0.25, 0.3) is 5.91 Å². The molecule has 1 fully saturated rings. The topological polar surface area (TPSA) is 75.9 Å². The van der Waals surface area contributed by atoms with E-state index in [1.165, 1.54) is 0 Å². The molecule has 7 nitrogen and oxygen atoms in total. The van der Waals surface area contributed by atoms with Crippen molar-refractivity contribution < 1.29 is 14.3 Å². The number of rotatable bonds is 6. The molecule has 0 saturated carbocycles. The van der Waals surface area contributed by atoms with Gasteiger partial charge < -0.3 is 19.4 Å². The number of fused-ring (bicyclic) bond motifs is 1. The Morgan fingerprint density at radius 2 is 2.06 bits per heavy atom. The fourth-order valence-electron chi connectivity index (χ4n) is 3.77. The van der Waals surface area contributed by atoms with Crippen LogP contribution in [0.5, 0.6) is 0 Å². The number of hydrogen-bond donors (Lipinski definition) is 1. The van der Waals surface area contributed by atoms with Crippen LogP contribution in [0.25, 0.3) is 5.65 Å². The lowest BCUT2D eigenvalue weighted by molar-refractivity contribution is 0.0682. The number of nitrogens with zero attached hydrogens (tertiary/aromatic N) is 3. The number of benzene rings is 1. The van der Waals surface area contributed by atoms with Crippen molar-refractivity contribution in [3.63, 3.8) is 0 Å². The van der Waals surface area contributed by atoms with E-state index in [2.05, 4.69) is 10.3 Å². The molecule has 1 aliphatic rings. The smallest absolute Gasteiger partial charge is 0.407 e. The Morgan fingerprint density at radius 3 is 2.90 bits per heavy atom. The van der Waals surface area contributed by atoms with Crippen LogP contribution in [0.2, 0.25) is 0 Å². The minimum atomic E-state index is -0.426. The maximum atomic E-state index is 13.3. The number of amides is 2. The van der Waals surface area contributed by atoms with E-state index in [1.807, 2.05) is 64.2 Å². The predicted octanol–water partition coefficient (Wildman–Crippen LogP) is 3.98. The van der Waals surface area contributed by atoms with Gasteiger partial charge in [0.2, 0.25) is 0 Å². The summed E-state index contributed by atoms with van der Waals surface area (Å²) in [5.41, 5.74) is 2.57. The minimum Gasteiger partial charge on any atom is -0.450 e. The number of aromatic nitrogens is 2. The van der Waals surface area contributed by atoms with Gasteiger partial charge in [0.15, 0.2) is 0 Å². The molecule has 3 heterocycles. The van der Waals surface area contributed by atoms with Crippen LogP contribution in [-0.4, -0.2) is 52.0 Å². The van der Waals surface area contributed by atoms with Gasteiger partial charge in [0.1, 0.15) is 5.65 Å². The third kappa shape index (κ3) is 5.19. The molecule has 1 saturated heterocycles. The van der Waals surface area contributed by atoms with E-state index in [0.29, 0.717) is 31.0 Å². The third-order valence-electron chi connectivity index (χ3n) is 5.21. The summed E-state index contributed by atoms with van der Waals surface area (Å²) in [7, 11) is 0. The van der Waals surface area contributed by atoms with Crippen LogP contribution in [0, 0.1) is 0 Å². The summed E-state index contributed by atoms with van der Waals surface area (Å²) in [6.45, 7) is 3.28. The second-order valence-electron chi connectivity index (χ2n) is 7.44. The normalized spacial score (nSPS) is 16.3. The van der Waals surface area contributed by atoms with Crippen LogP contribution in [0.4, 0.5) is 4.79 Å². The van der Waals surface area contributed by atoms with Crippen molar-refractivity contribution in [3.05, 3.63) is 66.1 Å². The molecule has 1 unspecified atom stereocenters. The average molecular weight is 439 g/mol. The molecule has 8 heteroatoms. The Kier molecular flexibility index (Phi) is 6.76. The summed E-state index contributed by atoms with van der Waals surface area (Å²) >= 11 is 1.61. The van der Waals surface area contributed by atoms with Crippen molar-refractivity contribution in [2.24, 2.45) is 0 Å². The first-order valence-electron chi connectivity index (χ1n) is 10.5. The summed E-state index contributed by atoms with van der Waals surface area (Å²) in [6, 6.07) is 13.5. The molecule has 0 radical (unpaired) electrons. The van der Waals surface area contributed by atoms with Crippen LogP contribution >= 0.6 is 11.8 Å². The number of nitrogens with one attached hydrogen (secondary N) is 1. The van der Waals surface area contributed by atoms with E-state index in [9.17, 15) is 9.59 Å². The summed E-state index contributed by atoms with van der Waals surface area (Å²) < 4.78 is 6.97. The summed E-state index contributed by atoms with van der Waals surface area (Å²) in [6.07, 6.45) is 5.26. The zero-order valence-corrected chi connectivity index (χ0v) is 18.3. The fourth-order valence-corrected chi connectivity index (χ4v) is 4.69. The quantitative estimate of drug-likeness (QED) is 0.589. The van der Waals surface area contributed by atoms with Crippen molar-refractivity contribution in [2.45, 2.75) is 36.5 Å². The van der Waals surface area contributed by atoms with Gasteiger partial charge >= 0.3 is 6.09 Å². The number of pyridine rings is 1. The second kappa shape index (κ2) is 9.87. The Bertz CT molecular complexity index is 1030. The van der Waals surface area contributed by atoms with Gasteiger partial charge in [-0.15, -0.1) is 11.8 Å². The average Bonchev–Trinajstić information content (AvgIpc) is 3.21. The lowest BCUT2D eigenvalue weighted by atomic mass is 10.0. The molecular weight excluding hydrogens is 412 g/mol. The maximum Gasteiger partial charge on any atom is 0.407 e. The first-order chi connectivity index (χ1) is 15.1. The Hall–Kier alpha value is -3.00. The molecule has 0 spiro atoms. The fraction of sp³-hybridized carbons (Fsp3) is 0.348. The van der Waals surface area contributed by atoms with Crippen LogP contribution in [0.15, 0.2) is 59.8 Å². The standard InChI is InChI=1S/C23H26N4O3S/c1-2-30-23(29)25-17-8-7-13-27(14-17)22(28)19-9-3-4-10-20(19)31-16-18-15-26-12-6-5-11-21(26)24-18/h3-6,9-12,15,17H,2,7-8,13-14,16H2,1H3,(H,25,29). The Balaban J connectivity index is 1.43. The highest BCUT2D eigenvalue weighted by Crippen LogP contribution is 2.28. The monoisotopic (exact) mass is 438 g/mol. The number of hydrogen-bond acceptors (Lipinski definition) is 5. The first kappa shape index (κ1) is 21.2. The lowest BCUT2D eigenvalue weighted by Gasteiger charge is -2.33. The number of ether oxygens (including phenoxy) is 1. The third-order valence-corrected chi connectivity index (χ3v) is 6.32. The van der Waals surface area contributed by atoms with E-state index < -0.39 is 6.09 Å². The number of piperidine rings is 1. The van der Waals surface area contributed by atoms with Crippen molar-refractivity contribution in [3.8, 4) is 0 Å². The zero-order chi connectivity index (χ0) is 21.6. The molecular formula is C23H26N4O3S. The summed E-state index contributed by atoms with van der Waals surface area (Å²) in [4.78, 5) is 32.4. The molecule has 0 bridgehead atoms. The Labute approximate surface area is 185 Å². The van der Waals surface area contributed by atoms with E-state index in [4.69, 9.17) is 4.74 Å². The van der Waals surface area contributed by atoms with Crippen molar-refractivity contribution in [1.29, 1.82) is 0 Å².